The van der Waals surface area contributed by atoms with E-state index in [0.29, 0.717) is 5.56 Å². The standard InChI is InChI=1S/C8H10NO/c1-8(9,10)7-5-3-2-4-6-7/h2-6,10H,1,9H2. The Morgan fingerprint density at radius 3 is 2.10 bits per heavy atom. The zero-order valence-corrected chi connectivity index (χ0v) is 5.62. The van der Waals surface area contributed by atoms with E-state index >= 15 is 0 Å². The van der Waals surface area contributed by atoms with Gasteiger partial charge in [-0.25, -0.2) is 0 Å². The number of aliphatic hydroxyl groups is 1. The van der Waals surface area contributed by atoms with E-state index in [1.807, 2.05) is 6.07 Å². The van der Waals surface area contributed by atoms with Gasteiger partial charge < -0.3 is 5.11 Å². The van der Waals surface area contributed by atoms with E-state index in [0.717, 1.165) is 0 Å². The van der Waals surface area contributed by atoms with Gasteiger partial charge in [0.2, 0.25) is 0 Å². The van der Waals surface area contributed by atoms with Gasteiger partial charge in [-0.05, 0) is 12.5 Å². The lowest BCUT2D eigenvalue weighted by atomic mass is 10.1. The Labute approximate surface area is 60.3 Å². The van der Waals surface area contributed by atoms with Crippen molar-refractivity contribution in [3.05, 3.63) is 42.8 Å². The molecule has 10 heavy (non-hydrogen) atoms. The molecular formula is C8H10NO. The van der Waals surface area contributed by atoms with Gasteiger partial charge in [-0.15, -0.1) is 0 Å². The van der Waals surface area contributed by atoms with Crippen LogP contribution in [0.25, 0.3) is 0 Å². The third kappa shape index (κ3) is 1.56. The molecule has 0 spiro atoms. The van der Waals surface area contributed by atoms with Gasteiger partial charge in [0.15, 0.2) is 0 Å². The molecular weight excluding hydrogens is 126 g/mol. The van der Waals surface area contributed by atoms with Gasteiger partial charge in [0.25, 0.3) is 0 Å². The third-order valence-electron chi connectivity index (χ3n) is 1.27. The highest BCUT2D eigenvalue weighted by atomic mass is 16.3. The van der Waals surface area contributed by atoms with Crippen LogP contribution in [0, 0.1) is 6.92 Å². The molecule has 3 N–H and O–H groups in total. The predicted octanol–water partition coefficient (Wildman–Crippen LogP) is 0.624. The van der Waals surface area contributed by atoms with Crippen molar-refractivity contribution in [2.45, 2.75) is 5.72 Å². The molecule has 1 radical (unpaired) electrons. The largest absolute Gasteiger partial charge is 0.372 e. The summed E-state index contributed by atoms with van der Waals surface area (Å²) in [6.07, 6.45) is 0. The maximum Gasteiger partial charge on any atom is 0.139 e. The van der Waals surface area contributed by atoms with Crippen LogP contribution in [0.2, 0.25) is 0 Å². The molecule has 2 nitrogen and oxygen atoms in total. The quantitative estimate of drug-likeness (QED) is 0.556. The van der Waals surface area contributed by atoms with Gasteiger partial charge in [-0.1, -0.05) is 30.3 Å². The van der Waals surface area contributed by atoms with Gasteiger partial charge in [0.1, 0.15) is 5.72 Å². The molecule has 0 amide bonds. The Balaban J connectivity index is 2.97. The number of benzene rings is 1. The molecule has 0 aliphatic carbocycles. The smallest absolute Gasteiger partial charge is 0.139 e. The molecule has 0 bridgehead atoms. The van der Waals surface area contributed by atoms with Crippen molar-refractivity contribution in [3.8, 4) is 0 Å². The van der Waals surface area contributed by atoms with Crippen LogP contribution in [-0.2, 0) is 5.72 Å². The first-order chi connectivity index (χ1) is 4.61. The van der Waals surface area contributed by atoms with E-state index in [4.69, 9.17) is 10.8 Å². The molecule has 0 fully saturated rings. The number of rotatable bonds is 1. The van der Waals surface area contributed by atoms with Crippen molar-refractivity contribution in [1.29, 1.82) is 0 Å². The molecule has 0 heterocycles. The summed E-state index contributed by atoms with van der Waals surface area (Å²) in [6, 6.07) is 8.92. The van der Waals surface area contributed by atoms with Crippen molar-refractivity contribution in [1.82, 2.24) is 0 Å². The summed E-state index contributed by atoms with van der Waals surface area (Å²) in [5.41, 5.74) is 4.46. The van der Waals surface area contributed by atoms with Crippen molar-refractivity contribution in [3.63, 3.8) is 0 Å². The van der Waals surface area contributed by atoms with E-state index in [9.17, 15) is 0 Å². The minimum Gasteiger partial charge on any atom is -0.372 e. The van der Waals surface area contributed by atoms with Crippen LogP contribution in [0.15, 0.2) is 30.3 Å². The van der Waals surface area contributed by atoms with Crippen molar-refractivity contribution in [2.75, 3.05) is 0 Å². The van der Waals surface area contributed by atoms with Crippen LogP contribution >= 0.6 is 0 Å². The highest BCUT2D eigenvalue weighted by Gasteiger charge is 2.14. The maximum absolute atomic E-state index is 9.16. The third-order valence-corrected chi connectivity index (χ3v) is 1.27. The summed E-state index contributed by atoms with van der Waals surface area (Å²) >= 11 is 0. The van der Waals surface area contributed by atoms with Crippen LogP contribution in [0.3, 0.4) is 0 Å². The Bertz CT molecular complexity index is 200. The van der Waals surface area contributed by atoms with Gasteiger partial charge >= 0.3 is 0 Å². The van der Waals surface area contributed by atoms with Crippen LogP contribution in [0.4, 0.5) is 0 Å². The SMILES string of the molecule is [CH2]C(N)(O)c1ccccc1. The highest BCUT2D eigenvalue weighted by Crippen LogP contribution is 2.11. The first-order valence-electron chi connectivity index (χ1n) is 3.03. The lowest BCUT2D eigenvalue weighted by molar-refractivity contribution is 0.0941. The molecule has 1 atom stereocenters. The van der Waals surface area contributed by atoms with Gasteiger partial charge in [0.05, 0.1) is 0 Å². The van der Waals surface area contributed by atoms with Crippen LogP contribution in [-0.4, -0.2) is 5.11 Å². The minimum absolute atomic E-state index is 0.620. The summed E-state index contributed by atoms with van der Waals surface area (Å²) in [4.78, 5) is 0. The molecule has 1 aromatic carbocycles. The molecule has 53 valence electrons. The Morgan fingerprint density at radius 2 is 1.80 bits per heavy atom. The van der Waals surface area contributed by atoms with Crippen molar-refractivity contribution >= 4 is 0 Å². The van der Waals surface area contributed by atoms with Crippen molar-refractivity contribution < 1.29 is 5.11 Å². The molecule has 0 aromatic heterocycles. The van der Waals surface area contributed by atoms with E-state index in [2.05, 4.69) is 6.92 Å². The molecule has 0 aliphatic rings. The van der Waals surface area contributed by atoms with Gasteiger partial charge in [0, 0.05) is 0 Å². The second kappa shape index (κ2) is 2.40. The van der Waals surface area contributed by atoms with Crippen molar-refractivity contribution in [2.24, 2.45) is 5.73 Å². The average molecular weight is 136 g/mol. The fourth-order valence-corrected chi connectivity index (χ4v) is 0.727. The molecule has 1 unspecified atom stereocenters. The van der Waals surface area contributed by atoms with Crippen LogP contribution in [0.1, 0.15) is 5.56 Å². The van der Waals surface area contributed by atoms with Crippen LogP contribution in [0.5, 0.6) is 0 Å². The predicted molar refractivity (Wildman–Crippen MR) is 39.9 cm³/mol. The summed E-state index contributed by atoms with van der Waals surface area (Å²) < 4.78 is 0. The Hall–Kier alpha value is -0.860. The molecule has 0 saturated heterocycles. The lowest BCUT2D eigenvalue weighted by Gasteiger charge is -2.16. The fourth-order valence-electron chi connectivity index (χ4n) is 0.727. The second-order valence-electron chi connectivity index (χ2n) is 2.29. The maximum atomic E-state index is 9.16. The zero-order valence-electron chi connectivity index (χ0n) is 5.62. The summed E-state index contributed by atoms with van der Waals surface area (Å²) in [7, 11) is 0. The Morgan fingerprint density at radius 1 is 1.30 bits per heavy atom. The molecule has 0 saturated carbocycles. The number of hydrogen-bond donors (Lipinski definition) is 2. The van der Waals surface area contributed by atoms with Gasteiger partial charge in [-0.2, -0.15) is 0 Å². The summed E-state index contributed by atoms with van der Waals surface area (Å²) in [5, 5.41) is 9.16. The molecule has 2 heteroatoms. The van der Waals surface area contributed by atoms with E-state index in [-0.39, 0.29) is 0 Å². The highest BCUT2D eigenvalue weighted by molar-refractivity contribution is 5.21. The normalized spacial score (nSPS) is 16.3. The topological polar surface area (TPSA) is 46.2 Å². The number of hydrogen-bond acceptors (Lipinski definition) is 2. The van der Waals surface area contributed by atoms with E-state index < -0.39 is 5.72 Å². The second-order valence-corrected chi connectivity index (χ2v) is 2.29. The number of nitrogens with two attached hydrogens (primary N) is 1. The fraction of sp³-hybridized carbons (Fsp3) is 0.125. The molecule has 1 rings (SSSR count). The first-order valence-corrected chi connectivity index (χ1v) is 3.03. The average Bonchev–Trinajstić information content (AvgIpc) is 1.88. The Kier molecular flexibility index (Phi) is 1.74. The molecule has 0 aliphatic heterocycles. The summed E-state index contributed by atoms with van der Waals surface area (Å²) in [6.45, 7) is 3.37. The van der Waals surface area contributed by atoms with Crippen LogP contribution < -0.4 is 5.73 Å². The monoisotopic (exact) mass is 136 g/mol. The minimum atomic E-state index is -1.46. The lowest BCUT2D eigenvalue weighted by Crippen LogP contribution is -2.32. The summed E-state index contributed by atoms with van der Waals surface area (Å²) in [5.74, 6) is 0. The van der Waals surface area contributed by atoms with E-state index in [1.165, 1.54) is 0 Å². The molecule has 1 aromatic rings. The van der Waals surface area contributed by atoms with E-state index in [1.54, 1.807) is 24.3 Å². The zero-order chi connectivity index (χ0) is 7.61. The first kappa shape index (κ1) is 7.25. The van der Waals surface area contributed by atoms with Gasteiger partial charge in [-0.3, -0.25) is 5.73 Å².